The van der Waals surface area contributed by atoms with Gasteiger partial charge in [-0.05, 0) is 24.3 Å². The van der Waals surface area contributed by atoms with Crippen LogP contribution in [-0.4, -0.2) is 11.2 Å². The van der Waals surface area contributed by atoms with Crippen molar-refractivity contribution in [2.75, 3.05) is 4.90 Å². The first-order valence-corrected chi connectivity index (χ1v) is 4.89. The highest BCUT2D eigenvalue weighted by Gasteiger charge is 2.14. The van der Waals surface area contributed by atoms with Crippen molar-refractivity contribution in [3.05, 3.63) is 48.1 Å². The van der Waals surface area contributed by atoms with Crippen LogP contribution in [0.2, 0.25) is 0 Å². The van der Waals surface area contributed by atoms with Crippen molar-refractivity contribution in [1.29, 1.82) is 0 Å². The van der Waals surface area contributed by atoms with Crippen molar-refractivity contribution in [2.45, 2.75) is 6.54 Å². The highest BCUT2D eigenvalue weighted by molar-refractivity contribution is 5.90. The van der Waals surface area contributed by atoms with E-state index in [1.165, 1.54) is 35.4 Å². The lowest BCUT2D eigenvalue weighted by molar-refractivity contribution is 0.252. The summed E-state index contributed by atoms with van der Waals surface area (Å²) in [7, 11) is 0. The largest absolute Gasteiger partial charge is 0.359 e. The Bertz CT molecular complexity index is 496. The second-order valence-corrected chi connectivity index (χ2v) is 3.38. The van der Waals surface area contributed by atoms with Crippen LogP contribution in [0, 0.1) is 5.82 Å². The van der Waals surface area contributed by atoms with Gasteiger partial charge < -0.3 is 10.3 Å². The number of primary amides is 1. The van der Waals surface area contributed by atoms with Crippen LogP contribution in [0.3, 0.4) is 0 Å². The van der Waals surface area contributed by atoms with Crippen LogP contribution in [-0.2, 0) is 6.54 Å². The second kappa shape index (κ2) is 4.65. The molecule has 1 aromatic heterocycles. The zero-order chi connectivity index (χ0) is 12.3. The molecular formula is C11H10FN3O2. The Morgan fingerprint density at radius 1 is 1.35 bits per heavy atom. The number of aromatic nitrogens is 1. The molecule has 0 radical (unpaired) electrons. The summed E-state index contributed by atoms with van der Waals surface area (Å²) in [6.07, 6.45) is 1.47. The van der Waals surface area contributed by atoms with Crippen LogP contribution in [0.15, 0.2) is 41.1 Å². The number of urea groups is 1. The Hall–Kier alpha value is -2.37. The standard InChI is InChI=1S/C11H10FN3O2/c12-8-1-3-9(4-2-8)15(11(13)16)7-10-5-6-14-17-10/h1-6H,7H2,(H2,13,16). The molecule has 0 saturated heterocycles. The van der Waals surface area contributed by atoms with E-state index >= 15 is 0 Å². The predicted molar refractivity (Wildman–Crippen MR) is 58.7 cm³/mol. The number of nitrogens with two attached hydrogens (primary N) is 1. The van der Waals surface area contributed by atoms with E-state index in [0.717, 1.165) is 0 Å². The molecule has 5 nitrogen and oxygen atoms in total. The number of halogens is 1. The van der Waals surface area contributed by atoms with Gasteiger partial charge in [-0.25, -0.2) is 9.18 Å². The third kappa shape index (κ3) is 2.60. The molecule has 0 saturated carbocycles. The van der Waals surface area contributed by atoms with E-state index in [-0.39, 0.29) is 12.4 Å². The minimum absolute atomic E-state index is 0.154. The third-order valence-corrected chi connectivity index (χ3v) is 2.21. The lowest BCUT2D eigenvalue weighted by atomic mass is 10.2. The fourth-order valence-electron chi connectivity index (χ4n) is 1.40. The maximum absolute atomic E-state index is 12.8. The molecule has 2 N–H and O–H groups in total. The van der Waals surface area contributed by atoms with Crippen LogP contribution < -0.4 is 10.6 Å². The SMILES string of the molecule is NC(=O)N(Cc1ccno1)c1ccc(F)cc1. The molecule has 2 amide bonds. The van der Waals surface area contributed by atoms with Gasteiger partial charge in [-0.3, -0.25) is 4.90 Å². The van der Waals surface area contributed by atoms with Crippen molar-refractivity contribution in [3.8, 4) is 0 Å². The van der Waals surface area contributed by atoms with Gasteiger partial charge in [0.1, 0.15) is 5.82 Å². The summed E-state index contributed by atoms with van der Waals surface area (Å²) in [5.74, 6) is 0.117. The molecule has 1 aromatic carbocycles. The third-order valence-electron chi connectivity index (χ3n) is 2.21. The van der Waals surface area contributed by atoms with E-state index in [4.69, 9.17) is 10.3 Å². The van der Waals surface area contributed by atoms with Gasteiger partial charge >= 0.3 is 6.03 Å². The van der Waals surface area contributed by atoms with E-state index in [2.05, 4.69) is 5.16 Å². The average molecular weight is 235 g/mol. The summed E-state index contributed by atoms with van der Waals surface area (Å²) < 4.78 is 17.7. The van der Waals surface area contributed by atoms with Crippen LogP contribution in [0.5, 0.6) is 0 Å². The van der Waals surface area contributed by atoms with Gasteiger partial charge in [0.2, 0.25) is 0 Å². The lowest BCUT2D eigenvalue weighted by Crippen LogP contribution is -2.35. The molecule has 0 atom stereocenters. The molecule has 0 aliphatic carbocycles. The van der Waals surface area contributed by atoms with E-state index in [1.807, 2.05) is 0 Å². The number of amides is 2. The number of carbonyl (C=O) groups is 1. The number of carbonyl (C=O) groups excluding carboxylic acids is 1. The van der Waals surface area contributed by atoms with Crippen molar-refractivity contribution >= 4 is 11.7 Å². The first kappa shape index (κ1) is 11.1. The molecule has 17 heavy (non-hydrogen) atoms. The molecule has 0 fully saturated rings. The summed E-state index contributed by atoms with van der Waals surface area (Å²) in [6.45, 7) is 0.154. The predicted octanol–water partition coefficient (Wildman–Crippen LogP) is 1.90. The number of hydrogen-bond acceptors (Lipinski definition) is 3. The Balaban J connectivity index is 2.23. The minimum atomic E-state index is -0.645. The van der Waals surface area contributed by atoms with Gasteiger partial charge in [0, 0.05) is 11.8 Å². The molecule has 88 valence electrons. The Morgan fingerprint density at radius 3 is 2.59 bits per heavy atom. The summed E-state index contributed by atoms with van der Waals surface area (Å²) in [4.78, 5) is 12.6. The quantitative estimate of drug-likeness (QED) is 0.883. The Morgan fingerprint density at radius 2 is 2.06 bits per heavy atom. The number of anilines is 1. The normalized spacial score (nSPS) is 10.2. The van der Waals surface area contributed by atoms with Crippen LogP contribution in [0.1, 0.15) is 5.76 Å². The number of benzene rings is 1. The van der Waals surface area contributed by atoms with E-state index in [9.17, 15) is 9.18 Å². The van der Waals surface area contributed by atoms with Crippen LogP contribution in [0.4, 0.5) is 14.9 Å². The fourth-order valence-corrected chi connectivity index (χ4v) is 1.40. The molecule has 0 aliphatic heterocycles. The smallest absolute Gasteiger partial charge is 0.319 e. The molecular weight excluding hydrogens is 225 g/mol. The van der Waals surface area contributed by atoms with Crippen molar-refractivity contribution in [2.24, 2.45) is 5.73 Å². The van der Waals surface area contributed by atoms with Crippen LogP contribution in [0.25, 0.3) is 0 Å². The van der Waals surface area contributed by atoms with Crippen LogP contribution >= 0.6 is 0 Å². The number of nitrogens with zero attached hydrogens (tertiary/aromatic N) is 2. The number of hydrogen-bond donors (Lipinski definition) is 1. The molecule has 1 heterocycles. The Kier molecular flexibility index (Phi) is 3.04. The minimum Gasteiger partial charge on any atom is -0.359 e. The fraction of sp³-hybridized carbons (Fsp3) is 0.0909. The van der Waals surface area contributed by atoms with Gasteiger partial charge in [0.05, 0.1) is 12.7 Å². The zero-order valence-corrected chi connectivity index (χ0v) is 8.84. The van der Waals surface area contributed by atoms with Gasteiger partial charge in [0.15, 0.2) is 5.76 Å². The van der Waals surface area contributed by atoms with E-state index in [0.29, 0.717) is 11.4 Å². The maximum atomic E-state index is 12.8. The van der Waals surface area contributed by atoms with Crippen molar-refractivity contribution in [3.63, 3.8) is 0 Å². The summed E-state index contributed by atoms with van der Waals surface area (Å²) in [5, 5.41) is 3.53. The van der Waals surface area contributed by atoms with Gasteiger partial charge in [0.25, 0.3) is 0 Å². The molecule has 0 unspecified atom stereocenters. The van der Waals surface area contributed by atoms with Gasteiger partial charge in [-0.1, -0.05) is 5.16 Å². The lowest BCUT2D eigenvalue weighted by Gasteiger charge is -2.18. The summed E-state index contributed by atoms with van der Waals surface area (Å²) in [5.41, 5.74) is 5.75. The van der Waals surface area contributed by atoms with Gasteiger partial charge in [-0.15, -0.1) is 0 Å². The topological polar surface area (TPSA) is 72.4 Å². The summed E-state index contributed by atoms with van der Waals surface area (Å²) >= 11 is 0. The van der Waals surface area contributed by atoms with E-state index < -0.39 is 6.03 Å². The first-order chi connectivity index (χ1) is 8.16. The first-order valence-electron chi connectivity index (χ1n) is 4.89. The van der Waals surface area contributed by atoms with Crippen molar-refractivity contribution < 1.29 is 13.7 Å². The molecule has 0 spiro atoms. The molecule has 0 bridgehead atoms. The highest BCUT2D eigenvalue weighted by atomic mass is 19.1. The molecule has 2 rings (SSSR count). The maximum Gasteiger partial charge on any atom is 0.319 e. The molecule has 6 heteroatoms. The average Bonchev–Trinajstić information content (AvgIpc) is 2.80. The molecule has 0 aliphatic rings. The Labute approximate surface area is 96.6 Å². The summed E-state index contributed by atoms with van der Waals surface area (Å²) in [6, 6.07) is 6.43. The second-order valence-electron chi connectivity index (χ2n) is 3.38. The monoisotopic (exact) mass is 235 g/mol. The number of rotatable bonds is 3. The zero-order valence-electron chi connectivity index (χ0n) is 8.84. The van der Waals surface area contributed by atoms with Gasteiger partial charge in [-0.2, -0.15) is 0 Å². The molecule has 2 aromatic rings. The van der Waals surface area contributed by atoms with Crippen molar-refractivity contribution in [1.82, 2.24) is 5.16 Å². The highest BCUT2D eigenvalue weighted by Crippen LogP contribution is 2.17. The van der Waals surface area contributed by atoms with E-state index in [1.54, 1.807) is 6.07 Å².